The third kappa shape index (κ3) is 3.71. The Bertz CT molecular complexity index is 1000. The summed E-state index contributed by atoms with van der Waals surface area (Å²) in [6, 6.07) is 8.35. The highest BCUT2D eigenvalue weighted by molar-refractivity contribution is 7.89. The van der Waals surface area contributed by atoms with Crippen molar-refractivity contribution in [2.75, 3.05) is 5.32 Å². The van der Waals surface area contributed by atoms with Gasteiger partial charge in [0.15, 0.2) is 0 Å². The second kappa shape index (κ2) is 7.11. The number of sulfonamides is 1. The first-order valence-electron chi connectivity index (χ1n) is 8.41. The van der Waals surface area contributed by atoms with E-state index in [0.29, 0.717) is 9.99 Å². The molecule has 1 heterocycles. The SMILES string of the molecule is Cc1ccc(NC(=O)[C@H]2CCC(=O)N2S(=O)(=O)c2ccc(F)cc2)cc1C. The summed E-state index contributed by atoms with van der Waals surface area (Å²) in [5.74, 6) is -1.82. The maximum absolute atomic E-state index is 13.1. The molecule has 6 nitrogen and oxygen atoms in total. The summed E-state index contributed by atoms with van der Waals surface area (Å²) in [6.45, 7) is 3.84. The van der Waals surface area contributed by atoms with E-state index in [9.17, 15) is 22.4 Å². The molecule has 0 aromatic heterocycles. The highest BCUT2D eigenvalue weighted by atomic mass is 32.2. The lowest BCUT2D eigenvalue weighted by molar-refractivity contribution is -0.128. The van der Waals surface area contributed by atoms with Crippen LogP contribution < -0.4 is 5.32 Å². The van der Waals surface area contributed by atoms with Crippen LogP contribution in [-0.4, -0.2) is 30.6 Å². The molecule has 1 aliphatic heterocycles. The molecular weight excluding hydrogens is 371 g/mol. The van der Waals surface area contributed by atoms with E-state index in [0.717, 1.165) is 35.4 Å². The van der Waals surface area contributed by atoms with E-state index in [1.807, 2.05) is 19.9 Å². The fraction of sp³-hybridized carbons (Fsp3) is 0.263. The molecule has 0 spiro atoms. The molecule has 1 N–H and O–H groups in total. The second-order valence-corrected chi connectivity index (χ2v) is 8.31. The van der Waals surface area contributed by atoms with Gasteiger partial charge in [0.25, 0.3) is 10.0 Å². The Balaban J connectivity index is 1.88. The zero-order valence-electron chi connectivity index (χ0n) is 14.9. The second-order valence-electron chi connectivity index (χ2n) is 6.49. The first-order chi connectivity index (χ1) is 12.7. The van der Waals surface area contributed by atoms with Crippen LogP contribution in [0.4, 0.5) is 10.1 Å². The third-order valence-electron chi connectivity index (χ3n) is 4.61. The molecule has 142 valence electrons. The van der Waals surface area contributed by atoms with Gasteiger partial charge in [0.2, 0.25) is 11.8 Å². The average molecular weight is 390 g/mol. The number of amides is 2. The van der Waals surface area contributed by atoms with Gasteiger partial charge >= 0.3 is 0 Å². The van der Waals surface area contributed by atoms with E-state index in [1.165, 1.54) is 0 Å². The van der Waals surface area contributed by atoms with Crippen molar-refractivity contribution in [3.05, 3.63) is 59.4 Å². The minimum atomic E-state index is -4.25. The number of benzene rings is 2. The van der Waals surface area contributed by atoms with Crippen molar-refractivity contribution in [1.29, 1.82) is 0 Å². The number of anilines is 1. The van der Waals surface area contributed by atoms with E-state index in [-0.39, 0.29) is 17.7 Å². The number of nitrogens with one attached hydrogen (secondary N) is 1. The Morgan fingerprint density at radius 3 is 2.41 bits per heavy atom. The van der Waals surface area contributed by atoms with Crippen molar-refractivity contribution in [2.45, 2.75) is 37.6 Å². The maximum Gasteiger partial charge on any atom is 0.267 e. The molecule has 8 heteroatoms. The summed E-state index contributed by atoms with van der Waals surface area (Å²) in [4.78, 5) is 24.7. The summed E-state index contributed by atoms with van der Waals surface area (Å²) in [5.41, 5.74) is 2.57. The normalized spacial score (nSPS) is 17.2. The van der Waals surface area contributed by atoms with Gasteiger partial charge in [-0.25, -0.2) is 17.1 Å². The van der Waals surface area contributed by atoms with Gasteiger partial charge in [-0.15, -0.1) is 0 Å². The molecule has 3 rings (SSSR count). The topological polar surface area (TPSA) is 83.6 Å². The van der Waals surface area contributed by atoms with Crippen molar-refractivity contribution >= 4 is 27.5 Å². The van der Waals surface area contributed by atoms with Gasteiger partial charge < -0.3 is 5.32 Å². The highest BCUT2D eigenvalue weighted by Crippen LogP contribution is 2.28. The van der Waals surface area contributed by atoms with Gasteiger partial charge in [-0.2, -0.15) is 0 Å². The minimum absolute atomic E-state index is 0.0502. The number of hydrogen-bond acceptors (Lipinski definition) is 4. The summed E-state index contributed by atoms with van der Waals surface area (Å²) in [5, 5.41) is 2.68. The predicted molar refractivity (Wildman–Crippen MR) is 98.0 cm³/mol. The van der Waals surface area contributed by atoms with Gasteiger partial charge in [-0.1, -0.05) is 6.07 Å². The first-order valence-corrected chi connectivity index (χ1v) is 9.85. The molecule has 1 atom stereocenters. The molecule has 0 bridgehead atoms. The molecule has 1 saturated heterocycles. The Kier molecular flexibility index (Phi) is 5.01. The molecule has 1 aliphatic rings. The molecule has 0 aliphatic carbocycles. The Morgan fingerprint density at radius 1 is 1.11 bits per heavy atom. The van der Waals surface area contributed by atoms with Gasteiger partial charge in [0, 0.05) is 12.1 Å². The molecule has 2 amide bonds. The number of carbonyl (C=O) groups excluding carboxylic acids is 2. The van der Waals surface area contributed by atoms with Crippen LogP contribution in [-0.2, 0) is 19.6 Å². The summed E-state index contributed by atoms with van der Waals surface area (Å²) in [6.07, 6.45) is 0.0430. The molecule has 27 heavy (non-hydrogen) atoms. The zero-order chi connectivity index (χ0) is 19.8. The number of aryl methyl sites for hydroxylation is 2. The molecule has 1 fully saturated rings. The van der Waals surface area contributed by atoms with Crippen molar-refractivity contribution < 1.29 is 22.4 Å². The van der Waals surface area contributed by atoms with Crippen molar-refractivity contribution in [1.82, 2.24) is 4.31 Å². The highest BCUT2D eigenvalue weighted by Gasteiger charge is 2.44. The zero-order valence-corrected chi connectivity index (χ0v) is 15.7. The molecule has 0 unspecified atom stereocenters. The van der Waals surface area contributed by atoms with Crippen LogP contribution in [0.25, 0.3) is 0 Å². The number of hydrogen-bond donors (Lipinski definition) is 1. The lowest BCUT2D eigenvalue weighted by atomic mass is 10.1. The summed E-state index contributed by atoms with van der Waals surface area (Å²) < 4.78 is 39.4. The summed E-state index contributed by atoms with van der Waals surface area (Å²) >= 11 is 0. The predicted octanol–water partition coefficient (Wildman–Crippen LogP) is 2.76. The Labute approximate surface area is 157 Å². The van der Waals surface area contributed by atoms with Gasteiger partial charge in [0.1, 0.15) is 11.9 Å². The monoisotopic (exact) mass is 390 g/mol. The van der Waals surface area contributed by atoms with E-state index in [1.54, 1.807) is 12.1 Å². The molecular formula is C19H19FN2O4S. The van der Waals surface area contributed by atoms with Gasteiger partial charge in [-0.05, 0) is 67.8 Å². The average Bonchev–Trinajstić information content (AvgIpc) is 3.01. The van der Waals surface area contributed by atoms with Gasteiger partial charge in [-0.3, -0.25) is 9.59 Å². The van der Waals surface area contributed by atoms with Crippen LogP contribution in [0.2, 0.25) is 0 Å². The van der Waals surface area contributed by atoms with E-state index >= 15 is 0 Å². The summed E-state index contributed by atoms with van der Waals surface area (Å²) in [7, 11) is -4.25. The Morgan fingerprint density at radius 2 is 1.78 bits per heavy atom. The lowest BCUT2D eigenvalue weighted by Crippen LogP contribution is -2.45. The number of rotatable bonds is 4. The lowest BCUT2D eigenvalue weighted by Gasteiger charge is -2.23. The van der Waals surface area contributed by atoms with E-state index in [2.05, 4.69) is 5.32 Å². The number of halogens is 1. The van der Waals surface area contributed by atoms with Crippen LogP contribution in [0.5, 0.6) is 0 Å². The van der Waals surface area contributed by atoms with Crippen molar-refractivity contribution in [3.63, 3.8) is 0 Å². The minimum Gasteiger partial charge on any atom is -0.324 e. The van der Waals surface area contributed by atoms with Crippen molar-refractivity contribution in [2.24, 2.45) is 0 Å². The van der Waals surface area contributed by atoms with Crippen LogP contribution in [0.15, 0.2) is 47.4 Å². The van der Waals surface area contributed by atoms with Crippen LogP contribution in [0.3, 0.4) is 0 Å². The fourth-order valence-corrected chi connectivity index (χ4v) is 4.57. The fourth-order valence-electron chi connectivity index (χ4n) is 2.97. The van der Waals surface area contributed by atoms with Crippen LogP contribution in [0, 0.1) is 19.7 Å². The molecule has 0 radical (unpaired) electrons. The number of carbonyl (C=O) groups is 2. The van der Waals surface area contributed by atoms with E-state index < -0.39 is 33.7 Å². The standard InChI is InChI=1S/C19H19FN2O4S/c1-12-3-6-15(11-13(12)2)21-19(24)17-9-10-18(23)22(17)27(25,26)16-7-4-14(20)5-8-16/h3-8,11,17H,9-10H2,1-2H3,(H,21,24)/t17-/m1/s1. The van der Waals surface area contributed by atoms with Crippen molar-refractivity contribution in [3.8, 4) is 0 Å². The third-order valence-corrected chi connectivity index (χ3v) is 6.45. The quantitative estimate of drug-likeness (QED) is 0.870. The molecule has 2 aromatic carbocycles. The smallest absolute Gasteiger partial charge is 0.267 e. The van der Waals surface area contributed by atoms with E-state index in [4.69, 9.17) is 0 Å². The largest absolute Gasteiger partial charge is 0.324 e. The maximum atomic E-state index is 13.1. The molecule has 2 aromatic rings. The first kappa shape index (κ1) is 19.0. The Hall–Kier alpha value is -2.74. The van der Waals surface area contributed by atoms with Crippen LogP contribution in [0.1, 0.15) is 24.0 Å². The van der Waals surface area contributed by atoms with Crippen LogP contribution >= 0.6 is 0 Å². The van der Waals surface area contributed by atoms with Gasteiger partial charge in [0.05, 0.1) is 4.90 Å². The molecule has 0 saturated carbocycles. The number of nitrogens with zero attached hydrogens (tertiary/aromatic N) is 1.